The average molecular weight is 621 g/mol. The minimum absolute atomic E-state index is 0. The number of benzene rings is 1. The minimum Gasteiger partial charge on any atom is -0.342 e. The molecule has 0 unspecified atom stereocenters. The zero-order chi connectivity index (χ0) is 28.1. The smallest absolute Gasteiger partial charge is 0.246 e. The Hall–Kier alpha value is -2.09. The lowest BCUT2D eigenvalue weighted by molar-refractivity contribution is -0.162. The summed E-state index contributed by atoms with van der Waals surface area (Å²) >= 11 is 0. The van der Waals surface area contributed by atoms with Crippen LogP contribution in [0.5, 0.6) is 0 Å². The quantitative estimate of drug-likeness (QED) is 0.353. The standard InChI is InChI=1S/C33H49N5O2.2ClH/c1-4-5-19-37-31(39)30(23-28-14-10-7-11-15-28)34-32(40)33(37)17-21-36(22-18-33)24-29-25(2)35-38(26(29)3)20-16-27-12-8-6-9-13-27;;/h6,8-9,12-13,28,30H,4-5,7,10-11,14-24H2,1-3H3,(H,34,40);2*1H/t30-;;/m0../s1. The van der Waals surface area contributed by atoms with Crippen LogP contribution in [-0.2, 0) is 29.1 Å². The third kappa shape index (κ3) is 7.51. The van der Waals surface area contributed by atoms with E-state index in [2.05, 4.69) is 66.0 Å². The van der Waals surface area contributed by atoms with E-state index in [4.69, 9.17) is 5.10 Å². The SMILES string of the molecule is CCCCN1C(=O)[C@H](CC2CCCCC2)NC(=O)C12CCN(Cc1c(C)nn(CCc3ccccc3)c1C)CC2.Cl.Cl. The molecule has 1 aromatic heterocycles. The van der Waals surface area contributed by atoms with Gasteiger partial charge in [0.15, 0.2) is 0 Å². The molecule has 42 heavy (non-hydrogen) atoms. The Kier molecular flexibility index (Phi) is 12.8. The monoisotopic (exact) mass is 619 g/mol. The number of piperidine rings is 1. The van der Waals surface area contributed by atoms with E-state index in [1.165, 1.54) is 48.9 Å². The summed E-state index contributed by atoms with van der Waals surface area (Å²) in [7, 11) is 0. The van der Waals surface area contributed by atoms with Crippen molar-refractivity contribution in [2.45, 2.75) is 116 Å². The normalized spacial score (nSPS) is 21.1. The number of hydrogen-bond acceptors (Lipinski definition) is 4. The van der Waals surface area contributed by atoms with Crippen molar-refractivity contribution in [2.24, 2.45) is 5.92 Å². The lowest BCUT2D eigenvalue weighted by atomic mass is 9.79. The number of carbonyl (C=O) groups is 2. The summed E-state index contributed by atoms with van der Waals surface area (Å²) < 4.78 is 2.15. The van der Waals surface area contributed by atoms with Gasteiger partial charge in [0.25, 0.3) is 0 Å². The molecular weight excluding hydrogens is 569 g/mol. The van der Waals surface area contributed by atoms with Crippen LogP contribution in [0.1, 0.15) is 93.6 Å². The summed E-state index contributed by atoms with van der Waals surface area (Å²) in [6.07, 6.45) is 11.3. The molecule has 1 saturated carbocycles. The van der Waals surface area contributed by atoms with Gasteiger partial charge in [0, 0.05) is 44.0 Å². The predicted molar refractivity (Wildman–Crippen MR) is 173 cm³/mol. The molecule has 0 bridgehead atoms. The van der Waals surface area contributed by atoms with Crippen molar-refractivity contribution in [3.8, 4) is 0 Å². The van der Waals surface area contributed by atoms with Crippen LogP contribution in [-0.4, -0.2) is 62.6 Å². The van der Waals surface area contributed by atoms with Gasteiger partial charge in [0.2, 0.25) is 11.8 Å². The van der Waals surface area contributed by atoms with Gasteiger partial charge in [-0.25, -0.2) is 0 Å². The largest absolute Gasteiger partial charge is 0.342 e. The van der Waals surface area contributed by atoms with E-state index in [0.717, 1.165) is 57.6 Å². The molecule has 9 heteroatoms. The molecule has 3 heterocycles. The first-order valence-corrected chi connectivity index (χ1v) is 15.8. The number of carbonyl (C=O) groups excluding carboxylic acids is 2. The number of nitrogens with one attached hydrogen (secondary N) is 1. The Bertz CT molecular complexity index is 1160. The molecule has 1 spiro atoms. The number of amides is 2. The van der Waals surface area contributed by atoms with E-state index in [1.54, 1.807) is 0 Å². The Morgan fingerprint density at radius 2 is 1.67 bits per heavy atom. The molecule has 7 nitrogen and oxygen atoms in total. The molecular formula is C33H51Cl2N5O2. The summed E-state index contributed by atoms with van der Waals surface area (Å²) in [4.78, 5) is 32.1. The number of aryl methyl sites for hydroxylation is 3. The Labute approximate surface area is 265 Å². The van der Waals surface area contributed by atoms with Crippen LogP contribution in [0.3, 0.4) is 0 Å². The zero-order valence-electron chi connectivity index (χ0n) is 25.8. The Morgan fingerprint density at radius 3 is 2.33 bits per heavy atom. The fourth-order valence-corrected chi connectivity index (χ4v) is 7.29. The number of hydrogen-bond donors (Lipinski definition) is 1. The fourth-order valence-electron chi connectivity index (χ4n) is 7.29. The maximum atomic E-state index is 13.8. The Balaban J connectivity index is 0.00000242. The third-order valence-electron chi connectivity index (χ3n) is 9.89. The van der Waals surface area contributed by atoms with Crippen molar-refractivity contribution in [1.82, 2.24) is 24.9 Å². The first-order valence-electron chi connectivity index (χ1n) is 15.8. The van der Waals surface area contributed by atoms with Crippen molar-refractivity contribution in [3.05, 3.63) is 52.8 Å². The molecule has 2 aliphatic heterocycles. The van der Waals surface area contributed by atoms with Crippen LogP contribution < -0.4 is 5.32 Å². The highest BCUT2D eigenvalue weighted by Crippen LogP contribution is 2.36. The van der Waals surface area contributed by atoms with Crippen molar-refractivity contribution in [1.29, 1.82) is 0 Å². The second-order valence-corrected chi connectivity index (χ2v) is 12.5. The van der Waals surface area contributed by atoms with Gasteiger partial charge in [0.05, 0.1) is 5.69 Å². The van der Waals surface area contributed by atoms with Crippen LogP contribution >= 0.6 is 24.8 Å². The highest BCUT2D eigenvalue weighted by molar-refractivity contribution is 6.00. The van der Waals surface area contributed by atoms with Gasteiger partial charge in [-0.3, -0.25) is 19.2 Å². The van der Waals surface area contributed by atoms with Gasteiger partial charge in [0.1, 0.15) is 11.6 Å². The van der Waals surface area contributed by atoms with E-state index in [-0.39, 0.29) is 42.7 Å². The van der Waals surface area contributed by atoms with Crippen LogP contribution in [0, 0.1) is 19.8 Å². The van der Waals surface area contributed by atoms with Crippen LogP contribution in [0.15, 0.2) is 30.3 Å². The van der Waals surface area contributed by atoms with Crippen LogP contribution in [0.4, 0.5) is 0 Å². The van der Waals surface area contributed by atoms with Gasteiger partial charge in [-0.05, 0) is 57.4 Å². The maximum absolute atomic E-state index is 13.8. The maximum Gasteiger partial charge on any atom is 0.246 e. The second kappa shape index (κ2) is 15.6. The predicted octanol–water partition coefficient (Wildman–Crippen LogP) is 6.02. The molecule has 1 N–H and O–H groups in total. The second-order valence-electron chi connectivity index (χ2n) is 12.5. The fraction of sp³-hybridized carbons (Fsp3) is 0.667. The summed E-state index contributed by atoms with van der Waals surface area (Å²) in [5.41, 5.74) is 4.24. The minimum atomic E-state index is -0.699. The molecule has 1 aliphatic carbocycles. The molecule has 2 saturated heterocycles. The highest BCUT2D eigenvalue weighted by Gasteiger charge is 2.53. The molecule has 2 aromatic rings. The number of halogens is 2. The molecule has 1 aromatic carbocycles. The Morgan fingerprint density at radius 1 is 0.976 bits per heavy atom. The van der Waals surface area contributed by atoms with E-state index in [9.17, 15) is 9.59 Å². The molecule has 3 aliphatic rings. The number of rotatable bonds is 10. The van der Waals surface area contributed by atoms with Crippen LogP contribution in [0.2, 0.25) is 0 Å². The molecule has 0 radical (unpaired) electrons. The number of aromatic nitrogens is 2. The third-order valence-corrected chi connectivity index (χ3v) is 9.89. The van der Waals surface area contributed by atoms with Crippen molar-refractivity contribution in [2.75, 3.05) is 19.6 Å². The molecule has 234 valence electrons. The lowest BCUT2D eigenvalue weighted by Gasteiger charge is -2.52. The van der Waals surface area contributed by atoms with Gasteiger partial charge >= 0.3 is 0 Å². The summed E-state index contributed by atoms with van der Waals surface area (Å²) in [5.74, 6) is 0.815. The molecule has 5 rings (SSSR count). The van der Waals surface area contributed by atoms with E-state index in [0.29, 0.717) is 25.3 Å². The first kappa shape index (κ1) is 34.4. The molecule has 1 atom stereocenters. The van der Waals surface area contributed by atoms with Gasteiger partial charge in [-0.1, -0.05) is 75.8 Å². The highest BCUT2D eigenvalue weighted by atomic mass is 35.5. The summed E-state index contributed by atoms with van der Waals surface area (Å²) in [6.45, 7) is 10.5. The first-order chi connectivity index (χ1) is 19.4. The number of piperazine rings is 1. The van der Waals surface area contributed by atoms with Crippen molar-refractivity contribution >= 4 is 36.6 Å². The van der Waals surface area contributed by atoms with Crippen LogP contribution in [0.25, 0.3) is 0 Å². The number of unbranched alkanes of at least 4 members (excludes halogenated alkanes) is 1. The van der Waals surface area contributed by atoms with E-state index in [1.807, 2.05) is 4.90 Å². The van der Waals surface area contributed by atoms with E-state index >= 15 is 0 Å². The average Bonchev–Trinajstić information content (AvgIpc) is 3.24. The zero-order valence-corrected chi connectivity index (χ0v) is 27.4. The van der Waals surface area contributed by atoms with E-state index < -0.39 is 5.54 Å². The lowest BCUT2D eigenvalue weighted by Crippen LogP contribution is -2.73. The van der Waals surface area contributed by atoms with Gasteiger partial charge < -0.3 is 10.2 Å². The number of nitrogens with zero attached hydrogens (tertiary/aromatic N) is 4. The van der Waals surface area contributed by atoms with Gasteiger partial charge in [-0.15, -0.1) is 24.8 Å². The summed E-state index contributed by atoms with van der Waals surface area (Å²) in [5, 5.41) is 8.10. The number of likely N-dealkylation sites (tertiary alicyclic amines) is 1. The topological polar surface area (TPSA) is 70.5 Å². The molecule has 2 amide bonds. The van der Waals surface area contributed by atoms with Crippen molar-refractivity contribution in [3.63, 3.8) is 0 Å². The van der Waals surface area contributed by atoms with Crippen molar-refractivity contribution < 1.29 is 9.59 Å². The van der Waals surface area contributed by atoms with Gasteiger partial charge in [-0.2, -0.15) is 5.10 Å². The summed E-state index contributed by atoms with van der Waals surface area (Å²) in [6, 6.07) is 10.2. The molecule has 3 fully saturated rings.